The highest BCUT2D eigenvalue weighted by molar-refractivity contribution is 6.45. The van der Waals surface area contributed by atoms with Crippen molar-refractivity contribution in [1.82, 2.24) is 19.9 Å². The number of H-pyrrole nitrogens is 1. The lowest BCUT2D eigenvalue weighted by molar-refractivity contribution is 0.0665. The molecule has 3 heterocycles. The van der Waals surface area contributed by atoms with Gasteiger partial charge in [0.25, 0.3) is 5.91 Å². The highest BCUT2D eigenvalue weighted by atomic mass is 35.5. The molecule has 1 amide bonds. The highest BCUT2D eigenvalue weighted by Crippen LogP contribution is 2.40. The summed E-state index contributed by atoms with van der Waals surface area (Å²) in [5.41, 5.74) is 2.89. The van der Waals surface area contributed by atoms with Crippen LogP contribution in [0.1, 0.15) is 41.3 Å². The van der Waals surface area contributed by atoms with E-state index in [1.165, 1.54) is 12.4 Å². The number of aromatic amines is 1. The van der Waals surface area contributed by atoms with E-state index in [1.54, 1.807) is 11.0 Å². The van der Waals surface area contributed by atoms with Gasteiger partial charge in [-0.15, -0.1) is 0 Å². The fourth-order valence-corrected chi connectivity index (χ4v) is 4.03. The van der Waals surface area contributed by atoms with Gasteiger partial charge < -0.3 is 14.6 Å². The number of nitriles is 1. The van der Waals surface area contributed by atoms with Gasteiger partial charge in [-0.25, -0.2) is 9.97 Å². The molecule has 148 valence electrons. The number of hydrogen-bond acceptors (Lipinski definition) is 5. The summed E-state index contributed by atoms with van der Waals surface area (Å²) < 4.78 is 5.35. The largest absolute Gasteiger partial charge is 0.489 e. The Hall–Kier alpha value is -2.82. The Morgan fingerprint density at radius 2 is 2.14 bits per heavy atom. The lowest BCUT2D eigenvalue weighted by atomic mass is 9.97. The van der Waals surface area contributed by atoms with Gasteiger partial charge in [-0.1, -0.05) is 29.3 Å². The number of hydrogen-bond donors (Lipinski definition) is 1. The molecule has 0 saturated heterocycles. The molecule has 1 atom stereocenters. The van der Waals surface area contributed by atoms with E-state index in [2.05, 4.69) is 15.0 Å². The van der Waals surface area contributed by atoms with Crippen molar-refractivity contribution in [3.8, 4) is 11.8 Å². The summed E-state index contributed by atoms with van der Waals surface area (Å²) in [4.78, 5) is 26.4. The summed E-state index contributed by atoms with van der Waals surface area (Å²) >= 11 is 12.5. The Morgan fingerprint density at radius 1 is 1.38 bits per heavy atom. The van der Waals surface area contributed by atoms with Crippen LogP contribution in [0.3, 0.4) is 0 Å². The van der Waals surface area contributed by atoms with Crippen LogP contribution in [-0.2, 0) is 6.42 Å². The van der Waals surface area contributed by atoms with E-state index in [4.69, 9.17) is 33.2 Å². The summed E-state index contributed by atoms with van der Waals surface area (Å²) in [7, 11) is 0. The molecule has 1 aliphatic heterocycles. The topological polar surface area (TPSA) is 94.9 Å². The minimum absolute atomic E-state index is 0.105. The molecule has 1 aliphatic rings. The summed E-state index contributed by atoms with van der Waals surface area (Å²) in [5.74, 6) is 0.281. The molecule has 0 spiro atoms. The van der Waals surface area contributed by atoms with E-state index in [9.17, 15) is 4.79 Å². The number of benzene rings is 1. The standard InChI is InChI=1S/C20H17Cl2N5O2/c1-11-16-13-3-4-14(21)17(22)18(13)26-15(16)5-7-27(11)20(28)19-24-9-12(10-25-19)29-8-2-6-23/h3-4,9-11,26H,2,5,7-8H2,1H3/t11-/m0/s1. The maximum absolute atomic E-state index is 13.0. The van der Waals surface area contributed by atoms with Crippen LogP contribution >= 0.6 is 23.2 Å². The molecule has 0 bridgehead atoms. The Morgan fingerprint density at radius 3 is 2.86 bits per heavy atom. The molecule has 0 unspecified atom stereocenters. The molecule has 0 aliphatic carbocycles. The number of amides is 1. The maximum Gasteiger partial charge on any atom is 0.292 e. The molecule has 29 heavy (non-hydrogen) atoms. The van der Waals surface area contributed by atoms with E-state index in [0.29, 0.717) is 28.8 Å². The summed E-state index contributed by atoms with van der Waals surface area (Å²) in [6, 6.07) is 5.51. The second kappa shape index (κ2) is 7.90. The molecular weight excluding hydrogens is 413 g/mol. The van der Waals surface area contributed by atoms with Crippen LogP contribution in [0, 0.1) is 11.3 Å². The van der Waals surface area contributed by atoms with Gasteiger partial charge in [0.2, 0.25) is 5.82 Å². The first-order valence-corrected chi connectivity index (χ1v) is 9.88. The van der Waals surface area contributed by atoms with Gasteiger partial charge >= 0.3 is 0 Å². The van der Waals surface area contributed by atoms with Crippen LogP contribution in [0.2, 0.25) is 10.0 Å². The van der Waals surface area contributed by atoms with Crippen LogP contribution < -0.4 is 4.74 Å². The molecule has 2 aromatic heterocycles. The zero-order valence-corrected chi connectivity index (χ0v) is 17.1. The number of aromatic nitrogens is 3. The van der Waals surface area contributed by atoms with Gasteiger partial charge in [0.15, 0.2) is 5.75 Å². The molecule has 1 aromatic carbocycles. The molecule has 3 aromatic rings. The molecule has 0 radical (unpaired) electrons. The van der Waals surface area contributed by atoms with Crippen LogP contribution in [0.15, 0.2) is 24.5 Å². The Kier molecular flexibility index (Phi) is 5.31. The zero-order valence-electron chi connectivity index (χ0n) is 15.6. The second-order valence-electron chi connectivity index (χ2n) is 6.72. The van der Waals surface area contributed by atoms with Gasteiger partial charge in [-0.3, -0.25) is 4.79 Å². The molecular formula is C20H17Cl2N5O2. The number of carbonyl (C=O) groups is 1. The lowest BCUT2D eigenvalue weighted by Crippen LogP contribution is -2.39. The first-order valence-electron chi connectivity index (χ1n) is 9.12. The first-order chi connectivity index (χ1) is 14.0. The van der Waals surface area contributed by atoms with E-state index < -0.39 is 0 Å². The predicted molar refractivity (Wildman–Crippen MR) is 109 cm³/mol. The minimum Gasteiger partial charge on any atom is -0.489 e. The fraction of sp³-hybridized carbons (Fsp3) is 0.300. The summed E-state index contributed by atoms with van der Waals surface area (Å²) in [6.45, 7) is 2.77. The van der Waals surface area contributed by atoms with Gasteiger partial charge in [0.1, 0.15) is 6.61 Å². The van der Waals surface area contributed by atoms with E-state index in [0.717, 1.165) is 22.2 Å². The number of ether oxygens (including phenoxy) is 1. The molecule has 9 heteroatoms. The predicted octanol–water partition coefficient (Wildman–Crippen LogP) is 4.32. The highest BCUT2D eigenvalue weighted by Gasteiger charge is 2.32. The SMILES string of the molecule is C[C@H]1c2c([nH]c3c(Cl)c(Cl)ccc23)CCN1C(=O)c1ncc(OCCC#N)cn1. The Bertz CT molecular complexity index is 1120. The third-order valence-electron chi connectivity index (χ3n) is 5.04. The monoisotopic (exact) mass is 429 g/mol. The van der Waals surface area contributed by atoms with E-state index in [1.807, 2.05) is 19.1 Å². The lowest BCUT2D eigenvalue weighted by Gasteiger charge is -2.33. The number of halogens is 2. The summed E-state index contributed by atoms with van der Waals surface area (Å²) in [5, 5.41) is 10.5. The van der Waals surface area contributed by atoms with Crippen molar-refractivity contribution >= 4 is 40.0 Å². The van der Waals surface area contributed by atoms with Crippen molar-refractivity contribution in [2.45, 2.75) is 25.8 Å². The second-order valence-corrected chi connectivity index (χ2v) is 7.51. The molecule has 1 N–H and O–H groups in total. The fourth-order valence-electron chi connectivity index (χ4n) is 3.66. The smallest absolute Gasteiger partial charge is 0.292 e. The first kappa shape index (κ1) is 19.5. The van der Waals surface area contributed by atoms with Crippen molar-refractivity contribution in [2.75, 3.05) is 13.2 Å². The van der Waals surface area contributed by atoms with Crippen LogP contribution in [-0.4, -0.2) is 38.9 Å². The van der Waals surface area contributed by atoms with Crippen LogP contribution in [0.5, 0.6) is 5.75 Å². The maximum atomic E-state index is 13.0. The average Bonchev–Trinajstić information content (AvgIpc) is 3.11. The van der Waals surface area contributed by atoms with Gasteiger partial charge in [0, 0.05) is 29.6 Å². The number of nitrogens with zero attached hydrogens (tertiary/aromatic N) is 4. The van der Waals surface area contributed by atoms with E-state index >= 15 is 0 Å². The van der Waals surface area contributed by atoms with Crippen LogP contribution in [0.25, 0.3) is 10.9 Å². The normalized spacial score (nSPS) is 15.8. The number of nitrogens with one attached hydrogen (secondary N) is 1. The minimum atomic E-state index is -0.249. The van der Waals surface area contributed by atoms with Gasteiger partial charge in [-0.2, -0.15) is 5.26 Å². The molecule has 4 rings (SSSR count). The summed E-state index contributed by atoms with van der Waals surface area (Å²) in [6.07, 6.45) is 3.84. The molecule has 0 saturated carbocycles. The van der Waals surface area contributed by atoms with Crippen molar-refractivity contribution in [3.05, 3.63) is 51.7 Å². The third-order valence-corrected chi connectivity index (χ3v) is 5.84. The van der Waals surface area contributed by atoms with Crippen LogP contribution in [0.4, 0.5) is 0 Å². The van der Waals surface area contributed by atoms with Crippen molar-refractivity contribution in [3.63, 3.8) is 0 Å². The third kappa shape index (κ3) is 3.50. The zero-order chi connectivity index (χ0) is 20.5. The van der Waals surface area contributed by atoms with Gasteiger partial charge in [0.05, 0.1) is 46.5 Å². The van der Waals surface area contributed by atoms with Crippen molar-refractivity contribution < 1.29 is 9.53 Å². The average molecular weight is 430 g/mol. The Labute approximate surface area is 177 Å². The molecule has 7 nitrogen and oxygen atoms in total. The van der Waals surface area contributed by atoms with Gasteiger partial charge in [-0.05, 0) is 13.0 Å². The number of fused-ring (bicyclic) bond motifs is 3. The van der Waals surface area contributed by atoms with Crippen molar-refractivity contribution in [1.29, 1.82) is 5.26 Å². The Balaban J connectivity index is 1.59. The number of carbonyl (C=O) groups excluding carboxylic acids is 1. The molecule has 0 fully saturated rings. The van der Waals surface area contributed by atoms with Crippen molar-refractivity contribution in [2.24, 2.45) is 0 Å². The number of rotatable bonds is 4. The quantitative estimate of drug-likeness (QED) is 0.623. The van der Waals surface area contributed by atoms with E-state index in [-0.39, 0.29) is 30.8 Å².